The summed E-state index contributed by atoms with van der Waals surface area (Å²) < 4.78 is 4.96. The van der Waals surface area contributed by atoms with Gasteiger partial charge in [0, 0.05) is 6.08 Å². The third kappa shape index (κ3) is 6.12. The van der Waals surface area contributed by atoms with Crippen molar-refractivity contribution in [3.05, 3.63) is 76.4 Å². The lowest BCUT2D eigenvalue weighted by atomic mass is 10.0. The first-order valence-electron chi connectivity index (χ1n) is 8.60. The third-order valence-corrected chi connectivity index (χ3v) is 4.21. The highest BCUT2D eigenvalue weighted by atomic mass is 16.5. The van der Waals surface area contributed by atoms with Gasteiger partial charge in [-0.1, -0.05) is 30.3 Å². The average molecular weight is 362 g/mol. The van der Waals surface area contributed by atoms with Crippen molar-refractivity contribution in [2.75, 3.05) is 6.61 Å². The molecule has 0 fully saturated rings. The van der Waals surface area contributed by atoms with Gasteiger partial charge >= 0.3 is 5.97 Å². The first kappa shape index (κ1) is 19.9. The molecule has 0 aliphatic rings. The molecule has 0 bridgehead atoms. The number of carbonyl (C=O) groups excluding carboxylic acids is 2. The lowest BCUT2D eigenvalue weighted by Crippen LogP contribution is -2.31. The van der Waals surface area contributed by atoms with Crippen LogP contribution in [0.2, 0.25) is 0 Å². The summed E-state index contributed by atoms with van der Waals surface area (Å²) in [6.07, 6.45) is 2.82. The van der Waals surface area contributed by atoms with Gasteiger partial charge in [0.1, 0.15) is 0 Å². The van der Waals surface area contributed by atoms with Gasteiger partial charge < -0.3 is 10.1 Å². The molecule has 0 aliphatic heterocycles. The lowest BCUT2D eigenvalue weighted by Gasteiger charge is -2.15. The molecule has 0 spiro atoms. The normalized spacial score (nSPS) is 11.6. The first-order chi connectivity index (χ1) is 12.9. The van der Waals surface area contributed by atoms with Crippen LogP contribution in [0.15, 0.2) is 48.5 Å². The molecule has 2 rings (SSSR count). The van der Waals surface area contributed by atoms with Gasteiger partial charge in [-0.05, 0) is 61.2 Å². The van der Waals surface area contributed by atoms with Crippen LogP contribution < -0.4 is 5.32 Å². The van der Waals surface area contributed by atoms with E-state index in [4.69, 9.17) is 10.00 Å². The van der Waals surface area contributed by atoms with Crippen LogP contribution in [0, 0.1) is 25.2 Å². The molecular formula is C22H22N2O3. The Morgan fingerprint density at radius 3 is 2.48 bits per heavy atom. The number of amides is 1. The number of hydrogen-bond donors (Lipinski definition) is 1. The van der Waals surface area contributed by atoms with Crippen molar-refractivity contribution in [3.8, 4) is 6.07 Å². The summed E-state index contributed by atoms with van der Waals surface area (Å²) in [5.41, 5.74) is 4.66. The number of rotatable bonds is 6. The predicted molar refractivity (Wildman–Crippen MR) is 104 cm³/mol. The highest BCUT2D eigenvalue weighted by Crippen LogP contribution is 2.16. The number of benzene rings is 2. The Balaban J connectivity index is 1.81. The fraction of sp³-hybridized carbons (Fsp3) is 0.227. The molecule has 5 heteroatoms. The van der Waals surface area contributed by atoms with Gasteiger partial charge in [-0.25, -0.2) is 4.79 Å². The van der Waals surface area contributed by atoms with Crippen molar-refractivity contribution in [2.45, 2.75) is 26.8 Å². The van der Waals surface area contributed by atoms with Gasteiger partial charge in [0.05, 0.1) is 17.7 Å². The Bertz CT molecular complexity index is 893. The maximum atomic E-state index is 12.0. The van der Waals surface area contributed by atoms with Crippen molar-refractivity contribution in [3.63, 3.8) is 0 Å². The highest BCUT2D eigenvalue weighted by molar-refractivity contribution is 5.89. The molecule has 27 heavy (non-hydrogen) atoms. The standard InChI is InChI=1S/C22H22N2O3/c1-15-4-10-20(12-16(15)2)17(3)24-21(25)14-27-22(26)11-9-18-5-7-19(13-23)8-6-18/h4-12,17H,14H2,1-3H3,(H,24,25)/b11-9+/t17-/m1/s1. The summed E-state index contributed by atoms with van der Waals surface area (Å²) in [5.74, 6) is -0.964. The first-order valence-corrected chi connectivity index (χ1v) is 8.60. The molecule has 0 aromatic heterocycles. The van der Waals surface area contributed by atoms with Crippen LogP contribution in [0.1, 0.15) is 40.8 Å². The minimum atomic E-state index is -0.603. The SMILES string of the molecule is Cc1ccc([C@@H](C)NC(=O)COC(=O)/C=C/c2ccc(C#N)cc2)cc1C. The molecule has 1 amide bonds. The zero-order valence-electron chi connectivity index (χ0n) is 15.7. The van der Waals surface area contributed by atoms with Crippen molar-refractivity contribution in [1.29, 1.82) is 5.26 Å². The number of carbonyl (C=O) groups is 2. The Morgan fingerprint density at radius 1 is 1.15 bits per heavy atom. The van der Waals surface area contributed by atoms with Crippen LogP contribution in [0.3, 0.4) is 0 Å². The maximum absolute atomic E-state index is 12.0. The molecule has 1 atom stereocenters. The Morgan fingerprint density at radius 2 is 1.85 bits per heavy atom. The summed E-state index contributed by atoms with van der Waals surface area (Å²) in [4.78, 5) is 23.7. The quantitative estimate of drug-likeness (QED) is 0.629. The molecule has 0 saturated carbocycles. The lowest BCUT2D eigenvalue weighted by molar-refractivity contribution is -0.144. The molecule has 2 aromatic carbocycles. The van der Waals surface area contributed by atoms with E-state index in [1.807, 2.05) is 45.0 Å². The second kappa shape index (κ2) is 9.35. The van der Waals surface area contributed by atoms with Crippen molar-refractivity contribution in [1.82, 2.24) is 5.32 Å². The van der Waals surface area contributed by atoms with E-state index in [0.717, 1.165) is 16.7 Å². The van der Waals surface area contributed by atoms with Gasteiger partial charge in [0.15, 0.2) is 6.61 Å². The smallest absolute Gasteiger partial charge is 0.331 e. The topological polar surface area (TPSA) is 79.2 Å². The molecular weight excluding hydrogens is 340 g/mol. The van der Waals surface area contributed by atoms with Crippen LogP contribution in [0.25, 0.3) is 6.08 Å². The van der Waals surface area contributed by atoms with Crippen molar-refractivity contribution in [2.24, 2.45) is 0 Å². The minimum Gasteiger partial charge on any atom is -0.452 e. The second-order valence-corrected chi connectivity index (χ2v) is 6.31. The minimum absolute atomic E-state index is 0.176. The van der Waals surface area contributed by atoms with E-state index < -0.39 is 5.97 Å². The summed E-state index contributed by atoms with van der Waals surface area (Å²) in [5, 5.41) is 11.6. The Kier molecular flexibility index (Phi) is 6.90. The number of nitriles is 1. The number of esters is 1. The van der Waals surface area contributed by atoms with E-state index in [0.29, 0.717) is 5.56 Å². The van der Waals surface area contributed by atoms with Crippen LogP contribution in [-0.4, -0.2) is 18.5 Å². The maximum Gasteiger partial charge on any atom is 0.331 e. The largest absolute Gasteiger partial charge is 0.452 e. The number of hydrogen-bond acceptors (Lipinski definition) is 4. The zero-order valence-corrected chi connectivity index (χ0v) is 15.7. The fourth-order valence-corrected chi connectivity index (χ4v) is 2.42. The fourth-order valence-electron chi connectivity index (χ4n) is 2.42. The number of ether oxygens (including phenoxy) is 1. The van der Waals surface area contributed by atoms with E-state index >= 15 is 0 Å². The van der Waals surface area contributed by atoms with Crippen molar-refractivity contribution < 1.29 is 14.3 Å². The molecule has 0 heterocycles. The van der Waals surface area contributed by atoms with Crippen molar-refractivity contribution >= 4 is 18.0 Å². The molecule has 0 aliphatic carbocycles. The molecule has 0 saturated heterocycles. The molecule has 5 nitrogen and oxygen atoms in total. The van der Waals surface area contributed by atoms with Gasteiger partial charge in [0.25, 0.3) is 5.91 Å². The number of aryl methyl sites for hydroxylation is 2. The summed E-state index contributed by atoms with van der Waals surface area (Å²) in [6.45, 7) is 5.60. The number of nitrogens with one attached hydrogen (secondary N) is 1. The van der Waals surface area contributed by atoms with Gasteiger partial charge in [-0.2, -0.15) is 5.26 Å². The van der Waals surface area contributed by atoms with Gasteiger partial charge in [0.2, 0.25) is 0 Å². The third-order valence-electron chi connectivity index (χ3n) is 4.21. The molecule has 0 unspecified atom stereocenters. The van der Waals surface area contributed by atoms with Gasteiger partial charge in [-0.15, -0.1) is 0 Å². The summed E-state index contributed by atoms with van der Waals surface area (Å²) in [7, 11) is 0. The van der Waals surface area contributed by atoms with E-state index in [1.165, 1.54) is 11.6 Å². The van der Waals surface area contributed by atoms with E-state index in [9.17, 15) is 9.59 Å². The molecule has 2 aromatic rings. The summed E-state index contributed by atoms with van der Waals surface area (Å²) in [6, 6.07) is 14.6. The van der Waals surface area contributed by atoms with E-state index in [-0.39, 0.29) is 18.6 Å². The monoisotopic (exact) mass is 362 g/mol. The molecule has 1 N–H and O–H groups in total. The van der Waals surface area contributed by atoms with E-state index in [2.05, 4.69) is 5.32 Å². The Hall–Kier alpha value is -3.39. The van der Waals surface area contributed by atoms with Crippen LogP contribution in [-0.2, 0) is 14.3 Å². The van der Waals surface area contributed by atoms with Crippen LogP contribution in [0.5, 0.6) is 0 Å². The number of nitrogens with zero attached hydrogens (tertiary/aromatic N) is 1. The average Bonchev–Trinajstić information content (AvgIpc) is 2.67. The van der Waals surface area contributed by atoms with E-state index in [1.54, 1.807) is 30.3 Å². The molecule has 138 valence electrons. The van der Waals surface area contributed by atoms with Crippen LogP contribution >= 0.6 is 0 Å². The Labute approximate surface area is 159 Å². The van der Waals surface area contributed by atoms with Crippen LogP contribution in [0.4, 0.5) is 0 Å². The highest BCUT2D eigenvalue weighted by Gasteiger charge is 2.11. The predicted octanol–water partition coefficient (Wildman–Crippen LogP) is 3.61. The summed E-state index contributed by atoms with van der Waals surface area (Å²) >= 11 is 0. The second-order valence-electron chi connectivity index (χ2n) is 6.31. The van der Waals surface area contributed by atoms with Gasteiger partial charge in [-0.3, -0.25) is 4.79 Å². The zero-order chi connectivity index (χ0) is 19.8. The molecule has 0 radical (unpaired) electrons.